The minimum atomic E-state index is -0.913. The summed E-state index contributed by atoms with van der Waals surface area (Å²) in [5.74, 6) is -0.802. The van der Waals surface area contributed by atoms with E-state index in [9.17, 15) is 9.90 Å². The molecule has 0 aliphatic heterocycles. The molecule has 0 atom stereocenters. The highest BCUT2D eigenvalue weighted by molar-refractivity contribution is 5.91. The molecule has 3 rings (SSSR count). The molecule has 0 saturated carbocycles. The van der Waals surface area contributed by atoms with Crippen LogP contribution in [-0.4, -0.2) is 21.0 Å². The molecular formula is C21H20N2O2. The van der Waals surface area contributed by atoms with Crippen LogP contribution >= 0.6 is 0 Å². The van der Waals surface area contributed by atoms with Crippen LogP contribution in [0.15, 0.2) is 54.7 Å². The van der Waals surface area contributed by atoms with Gasteiger partial charge in [0.1, 0.15) is 0 Å². The molecule has 0 spiro atoms. The number of rotatable bonds is 5. The third-order valence-electron chi connectivity index (χ3n) is 3.99. The van der Waals surface area contributed by atoms with Crippen molar-refractivity contribution < 1.29 is 9.90 Å². The highest BCUT2D eigenvalue weighted by atomic mass is 16.4. The lowest BCUT2D eigenvalue weighted by Gasteiger charge is -2.04. The molecular weight excluding hydrogens is 312 g/mol. The van der Waals surface area contributed by atoms with Crippen LogP contribution in [0, 0.1) is 0 Å². The third kappa shape index (κ3) is 3.86. The van der Waals surface area contributed by atoms with Gasteiger partial charge in [0.05, 0.1) is 11.3 Å². The van der Waals surface area contributed by atoms with Gasteiger partial charge in [-0.15, -0.1) is 0 Å². The van der Waals surface area contributed by atoms with Crippen molar-refractivity contribution in [3.05, 3.63) is 77.2 Å². The van der Waals surface area contributed by atoms with Crippen LogP contribution in [0.5, 0.6) is 0 Å². The molecule has 2 heterocycles. The number of aromatic nitrogens is 2. The average molecular weight is 332 g/mol. The van der Waals surface area contributed by atoms with Crippen molar-refractivity contribution in [2.24, 2.45) is 0 Å². The Hall–Kier alpha value is -3.14. The van der Waals surface area contributed by atoms with Gasteiger partial charge in [-0.1, -0.05) is 50.3 Å². The number of benzene rings is 1. The van der Waals surface area contributed by atoms with Crippen LogP contribution in [0.4, 0.5) is 0 Å². The maximum atomic E-state index is 11.5. The lowest BCUT2D eigenvalue weighted by Crippen LogP contribution is -2.01. The fourth-order valence-corrected chi connectivity index (χ4v) is 2.71. The molecule has 0 unspecified atom stereocenters. The molecule has 0 saturated heterocycles. The third-order valence-corrected chi connectivity index (χ3v) is 3.99. The Bertz CT molecular complexity index is 909. The number of nitrogens with one attached hydrogen (secondary N) is 1. The molecule has 2 aromatic heterocycles. The smallest absolute Gasteiger partial charge is 0.337 e. The first-order valence-electron chi connectivity index (χ1n) is 8.20. The SMILES string of the molecule is CC(C)c1[nH]c(-c2ccnc(C=Cc3ccccc3)c2)cc1C(=O)O. The van der Waals surface area contributed by atoms with Gasteiger partial charge in [-0.3, -0.25) is 4.98 Å². The molecule has 2 N–H and O–H groups in total. The Morgan fingerprint density at radius 2 is 1.88 bits per heavy atom. The number of nitrogens with zero attached hydrogens (tertiary/aromatic N) is 1. The Balaban J connectivity index is 1.93. The number of hydrogen-bond donors (Lipinski definition) is 2. The van der Waals surface area contributed by atoms with Crippen molar-refractivity contribution in [1.29, 1.82) is 0 Å². The van der Waals surface area contributed by atoms with E-state index in [4.69, 9.17) is 0 Å². The van der Waals surface area contributed by atoms with Crippen LogP contribution in [0.2, 0.25) is 0 Å². The summed E-state index contributed by atoms with van der Waals surface area (Å²) in [5, 5.41) is 9.40. The number of H-pyrrole nitrogens is 1. The van der Waals surface area contributed by atoms with Gasteiger partial charge >= 0.3 is 5.97 Å². The first-order valence-corrected chi connectivity index (χ1v) is 8.20. The van der Waals surface area contributed by atoms with E-state index in [1.165, 1.54) is 0 Å². The highest BCUT2D eigenvalue weighted by Gasteiger charge is 2.17. The summed E-state index contributed by atoms with van der Waals surface area (Å²) in [5.41, 5.74) is 4.68. The van der Waals surface area contributed by atoms with E-state index in [0.717, 1.165) is 28.2 Å². The number of aromatic carboxylic acids is 1. The van der Waals surface area contributed by atoms with Gasteiger partial charge in [0.25, 0.3) is 0 Å². The zero-order chi connectivity index (χ0) is 17.8. The number of hydrogen-bond acceptors (Lipinski definition) is 2. The van der Waals surface area contributed by atoms with Crippen LogP contribution in [0.25, 0.3) is 23.4 Å². The van der Waals surface area contributed by atoms with Gasteiger partial charge in [0, 0.05) is 23.1 Å². The van der Waals surface area contributed by atoms with E-state index < -0.39 is 5.97 Å². The molecule has 3 aromatic rings. The van der Waals surface area contributed by atoms with Gasteiger partial charge in [-0.25, -0.2) is 4.79 Å². The summed E-state index contributed by atoms with van der Waals surface area (Å²) < 4.78 is 0. The second-order valence-corrected chi connectivity index (χ2v) is 6.18. The zero-order valence-electron chi connectivity index (χ0n) is 14.2. The molecule has 1 aromatic carbocycles. The van der Waals surface area contributed by atoms with E-state index in [0.29, 0.717) is 5.56 Å². The van der Waals surface area contributed by atoms with E-state index in [1.54, 1.807) is 12.3 Å². The first-order chi connectivity index (χ1) is 12.0. The summed E-state index contributed by atoms with van der Waals surface area (Å²) in [7, 11) is 0. The monoisotopic (exact) mass is 332 g/mol. The second kappa shape index (κ2) is 7.18. The standard InChI is InChI=1S/C21H20N2O2/c1-14(2)20-18(21(24)25)13-19(23-20)16-10-11-22-17(12-16)9-8-15-6-4-3-5-7-15/h3-14,23H,1-2H3,(H,24,25). The second-order valence-electron chi connectivity index (χ2n) is 6.18. The van der Waals surface area contributed by atoms with Crippen molar-refractivity contribution in [3.63, 3.8) is 0 Å². The molecule has 126 valence electrons. The Morgan fingerprint density at radius 3 is 2.52 bits per heavy atom. The zero-order valence-corrected chi connectivity index (χ0v) is 14.2. The van der Waals surface area contributed by atoms with Crippen LogP contribution in [0.3, 0.4) is 0 Å². The molecule has 0 fully saturated rings. The van der Waals surface area contributed by atoms with Crippen molar-refractivity contribution in [3.8, 4) is 11.3 Å². The highest BCUT2D eigenvalue weighted by Crippen LogP contribution is 2.27. The summed E-state index contributed by atoms with van der Waals surface area (Å²) >= 11 is 0. The molecule has 0 radical (unpaired) electrons. The van der Waals surface area contributed by atoms with E-state index >= 15 is 0 Å². The van der Waals surface area contributed by atoms with Gasteiger partial charge < -0.3 is 10.1 Å². The Morgan fingerprint density at radius 1 is 1.12 bits per heavy atom. The maximum absolute atomic E-state index is 11.5. The number of carboxylic acid groups (broad SMARTS) is 1. The number of aromatic amines is 1. The molecule has 25 heavy (non-hydrogen) atoms. The largest absolute Gasteiger partial charge is 0.478 e. The Labute approximate surface area is 146 Å². The van der Waals surface area contributed by atoms with E-state index in [-0.39, 0.29) is 5.92 Å². The molecule has 0 aliphatic rings. The fraction of sp³-hybridized carbons (Fsp3) is 0.143. The molecule has 4 nitrogen and oxygen atoms in total. The quantitative estimate of drug-likeness (QED) is 0.685. The maximum Gasteiger partial charge on any atom is 0.337 e. The minimum absolute atomic E-state index is 0.110. The van der Waals surface area contributed by atoms with Crippen LogP contribution in [0.1, 0.15) is 47.1 Å². The predicted octanol–water partition coefficient (Wildman–Crippen LogP) is 5.07. The van der Waals surface area contributed by atoms with Gasteiger partial charge in [0.2, 0.25) is 0 Å². The Kier molecular flexibility index (Phi) is 4.80. The fourth-order valence-electron chi connectivity index (χ4n) is 2.71. The lowest BCUT2D eigenvalue weighted by atomic mass is 10.1. The predicted molar refractivity (Wildman–Crippen MR) is 100 cm³/mol. The van der Waals surface area contributed by atoms with Crippen LogP contribution in [-0.2, 0) is 0 Å². The number of pyridine rings is 1. The number of carbonyl (C=O) groups is 1. The molecule has 0 amide bonds. The van der Waals surface area contributed by atoms with Crippen molar-refractivity contribution in [2.75, 3.05) is 0 Å². The van der Waals surface area contributed by atoms with Gasteiger partial charge in [0.15, 0.2) is 0 Å². The van der Waals surface area contributed by atoms with Gasteiger partial charge in [-0.05, 0) is 35.8 Å². The first kappa shape index (κ1) is 16.7. The lowest BCUT2D eigenvalue weighted by molar-refractivity contribution is 0.0695. The number of carboxylic acids is 1. The normalized spacial score (nSPS) is 11.3. The van der Waals surface area contributed by atoms with Crippen molar-refractivity contribution in [1.82, 2.24) is 9.97 Å². The summed E-state index contributed by atoms with van der Waals surface area (Å²) in [4.78, 5) is 19.1. The summed E-state index contributed by atoms with van der Waals surface area (Å²) in [6.45, 7) is 3.95. The average Bonchev–Trinajstić information content (AvgIpc) is 3.07. The topological polar surface area (TPSA) is 66.0 Å². The molecule has 0 bridgehead atoms. The summed E-state index contributed by atoms with van der Waals surface area (Å²) in [6, 6.07) is 15.5. The van der Waals surface area contributed by atoms with Crippen molar-refractivity contribution in [2.45, 2.75) is 19.8 Å². The van der Waals surface area contributed by atoms with Crippen LogP contribution < -0.4 is 0 Å². The van der Waals surface area contributed by atoms with Gasteiger partial charge in [-0.2, -0.15) is 0 Å². The van der Waals surface area contributed by atoms with E-state index in [1.807, 2.05) is 68.5 Å². The van der Waals surface area contributed by atoms with E-state index in [2.05, 4.69) is 9.97 Å². The molecule has 4 heteroatoms. The summed E-state index contributed by atoms with van der Waals surface area (Å²) in [6.07, 6.45) is 5.68. The molecule has 0 aliphatic carbocycles. The minimum Gasteiger partial charge on any atom is -0.478 e. The van der Waals surface area contributed by atoms with Crippen molar-refractivity contribution >= 4 is 18.1 Å².